The molecule has 0 aromatic heterocycles. The molecule has 0 radical (unpaired) electrons. The average Bonchev–Trinajstić information content (AvgIpc) is 1.36. The molecule has 0 bridgehead atoms. The molecule has 0 saturated heterocycles. The van der Waals surface area contributed by atoms with Crippen molar-refractivity contribution in [3.8, 4) is 0 Å². The van der Waals surface area contributed by atoms with Gasteiger partial charge in [0.2, 0.25) is 5.78 Å². The Hall–Kier alpha value is 0.360. The predicted octanol–water partition coefficient (Wildman–Crippen LogP) is -1.32. The summed E-state index contributed by atoms with van der Waals surface area (Å²) in [5, 5.41) is 7.64. The number of hydrogen-bond donors (Lipinski definition) is 1. The smallest absolute Gasteiger partial charge is 1.00 e. The van der Waals surface area contributed by atoms with Gasteiger partial charge < -0.3 is 13.4 Å². The second-order valence-electron chi connectivity index (χ2n) is 0.861. The fraction of sp³-hybridized carbons (Fsp3) is 0.333. The number of ketones is 1. The summed E-state index contributed by atoms with van der Waals surface area (Å²) in [7, 11) is 0. The largest absolute Gasteiger partial charge is 2.00 e. The van der Waals surface area contributed by atoms with Gasteiger partial charge in [0.15, 0.2) is 0 Å². The Morgan fingerprint density at radius 1 is 1.50 bits per heavy atom. The first-order chi connectivity index (χ1) is 2.64. The summed E-state index contributed by atoms with van der Waals surface area (Å²) in [6.07, 6.45) is 0. The maximum absolute atomic E-state index is 9.54. The van der Waals surface area contributed by atoms with Crippen LogP contribution in [0.1, 0.15) is 9.78 Å². The quantitative estimate of drug-likeness (QED) is 0.369. The molecule has 0 fully saturated rings. The van der Waals surface area contributed by atoms with E-state index in [4.69, 9.17) is 5.11 Å². The van der Waals surface area contributed by atoms with Crippen molar-refractivity contribution in [3.63, 3.8) is 0 Å². The van der Waals surface area contributed by atoms with Gasteiger partial charge in [0.1, 0.15) is 0 Å². The summed E-state index contributed by atoms with van der Waals surface area (Å²) in [4.78, 5) is 18.9. The Balaban J connectivity index is -0.0000000208. The Kier molecular flexibility index (Phi) is 14.5. The molecule has 0 heterocycles. The molecular formula is C3H8CaO4. The molecule has 0 atom stereocenters. The summed E-state index contributed by atoms with van der Waals surface area (Å²) in [6.45, 7) is 1.00. The number of hydrogen-bond acceptors (Lipinski definition) is 2. The maximum Gasteiger partial charge on any atom is 2.00 e. The van der Waals surface area contributed by atoms with E-state index in [-0.39, 0.29) is 46.1 Å². The molecule has 3 N–H and O–H groups in total. The number of carbonyl (C=O) groups is 2. The van der Waals surface area contributed by atoms with Gasteiger partial charge in [0, 0.05) is 6.92 Å². The van der Waals surface area contributed by atoms with Crippen molar-refractivity contribution >= 4 is 49.5 Å². The van der Waals surface area contributed by atoms with Gasteiger partial charge in [-0.25, -0.2) is 4.79 Å². The molecule has 0 aliphatic rings. The molecule has 0 spiro atoms. The first kappa shape index (κ1) is 15.8. The van der Waals surface area contributed by atoms with Crippen molar-refractivity contribution in [1.82, 2.24) is 0 Å². The van der Waals surface area contributed by atoms with E-state index < -0.39 is 11.8 Å². The van der Waals surface area contributed by atoms with Crippen LogP contribution in [0, 0.1) is 0 Å². The van der Waals surface area contributed by atoms with Crippen LogP contribution in [0.25, 0.3) is 0 Å². The fourth-order valence-corrected chi connectivity index (χ4v) is 0. The van der Waals surface area contributed by atoms with Gasteiger partial charge in [-0.2, -0.15) is 0 Å². The third kappa shape index (κ3) is 9.61. The van der Waals surface area contributed by atoms with E-state index in [1.807, 2.05) is 0 Å². The topological polar surface area (TPSA) is 85.9 Å². The van der Waals surface area contributed by atoms with Crippen LogP contribution in [0.5, 0.6) is 0 Å². The molecule has 0 aliphatic heterocycles. The standard InChI is InChI=1S/C3H4O3.Ca.H2O.2H/c1-2(4)3(5)6;;;;/h1H3,(H,5,6);;1H2;;/q;+2;;2*-1. The average molecular weight is 148 g/mol. The van der Waals surface area contributed by atoms with Gasteiger partial charge in [-0.15, -0.1) is 0 Å². The maximum atomic E-state index is 9.54. The minimum Gasteiger partial charge on any atom is -1.00 e. The molecule has 0 saturated carbocycles. The number of carboxylic acid groups (broad SMARTS) is 1. The predicted molar refractivity (Wildman–Crippen MR) is 29.9 cm³/mol. The van der Waals surface area contributed by atoms with Crippen LogP contribution in [0.3, 0.4) is 0 Å². The minimum absolute atomic E-state index is 0. The molecule has 46 valence electrons. The van der Waals surface area contributed by atoms with Gasteiger partial charge in [-0.3, -0.25) is 4.79 Å². The molecular weight excluding hydrogens is 140 g/mol. The second-order valence-corrected chi connectivity index (χ2v) is 0.861. The van der Waals surface area contributed by atoms with Crippen LogP contribution in [0.4, 0.5) is 0 Å². The van der Waals surface area contributed by atoms with Crippen molar-refractivity contribution < 1.29 is 23.0 Å². The molecule has 0 unspecified atom stereocenters. The Morgan fingerprint density at radius 3 is 1.62 bits per heavy atom. The molecule has 0 aliphatic carbocycles. The van der Waals surface area contributed by atoms with Crippen molar-refractivity contribution in [2.45, 2.75) is 6.92 Å². The molecule has 8 heavy (non-hydrogen) atoms. The summed E-state index contributed by atoms with van der Waals surface area (Å²) in [5.41, 5.74) is 0. The van der Waals surface area contributed by atoms with Crippen LogP contribution in [-0.4, -0.2) is 60.1 Å². The number of Topliss-reactive ketones (excluding diaryl/α,β-unsaturated/α-hetero) is 1. The molecule has 0 rings (SSSR count). The first-order valence-electron chi connectivity index (χ1n) is 1.38. The molecule has 5 heteroatoms. The zero-order chi connectivity index (χ0) is 5.15. The van der Waals surface area contributed by atoms with Crippen molar-refractivity contribution in [1.29, 1.82) is 0 Å². The number of carboxylic acids is 1. The Bertz CT molecular complexity index is 84.5. The van der Waals surface area contributed by atoms with Gasteiger partial charge in [-0.05, 0) is 0 Å². The number of rotatable bonds is 1. The molecule has 0 aromatic rings. The van der Waals surface area contributed by atoms with E-state index >= 15 is 0 Å². The van der Waals surface area contributed by atoms with E-state index in [1.165, 1.54) is 0 Å². The van der Waals surface area contributed by atoms with E-state index in [1.54, 1.807) is 0 Å². The zero-order valence-corrected chi connectivity index (χ0v) is 6.68. The molecule has 0 aromatic carbocycles. The van der Waals surface area contributed by atoms with Crippen LogP contribution in [0.15, 0.2) is 0 Å². The number of carbonyl (C=O) groups excluding carboxylic acids is 1. The Morgan fingerprint density at radius 2 is 1.62 bits per heavy atom. The normalized spacial score (nSPS) is 5.62. The first-order valence-corrected chi connectivity index (χ1v) is 1.38. The number of aliphatic carboxylic acids is 1. The summed E-state index contributed by atoms with van der Waals surface area (Å²) in [6, 6.07) is 0. The third-order valence-electron chi connectivity index (χ3n) is 0.301. The van der Waals surface area contributed by atoms with Gasteiger partial charge >= 0.3 is 43.7 Å². The monoisotopic (exact) mass is 148 g/mol. The summed E-state index contributed by atoms with van der Waals surface area (Å²) < 4.78 is 0. The molecule has 4 nitrogen and oxygen atoms in total. The van der Waals surface area contributed by atoms with Crippen molar-refractivity contribution in [2.75, 3.05) is 0 Å². The van der Waals surface area contributed by atoms with Gasteiger partial charge in [0.25, 0.3) is 0 Å². The SMILES string of the molecule is CC(=O)C(=O)O.O.[Ca+2].[H-].[H-]. The van der Waals surface area contributed by atoms with Crippen LogP contribution in [0.2, 0.25) is 0 Å². The van der Waals surface area contributed by atoms with E-state index in [9.17, 15) is 9.59 Å². The van der Waals surface area contributed by atoms with Crippen molar-refractivity contribution in [3.05, 3.63) is 0 Å². The third-order valence-corrected chi connectivity index (χ3v) is 0.301. The van der Waals surface area contributed by atoms with E-state index in [0.29, 0.717) is 0 Å². The van der Waals surface area contributed by atoms with Crippen molar-refractivity contribution in [2.24, 2.45) is 0 Å². The van der Waals surface area contributed by atoms with Crippen LogP contribution < -0.4 is 0 Å². The Labute approximate surface area is 79.2 Å². The minimum atomic E-state index is -1.38. The van der Waals surface area contributed by atoms with E-state index in [0.717, 1.165) is 6.92 Å². The van der Waals surface area contributed by atoms with E-state index in [2.05, 4.69) is 0 Å². The molecule has 0 amide bonds. The second kappa shape index (κ2) is 7.36. The summed E-state index contributed by atoms with van der Waals surface area (Å²) in [5.74, 6) is -2.20. The fourth-order valence-electron chi connectivity index (χ4n) is 0. The summed E-state index contributed by atoms with van der Waals surface area (Å²) >= 11 is 0. The van der Waals surface area contributed by atoms with Gasteiger partial charge in [0.05, 0.1) is 0 Å². The van der Waals surface area contributed by atoms with Crippen LogP contribution >= 0.6 is 0 Å². The van der Waals surface area contributed by atoms with Crippen LogP contribution in [-0.2, 0) is 9.59 Å². The zero-order valence-electron chi connectivity index (χ0n) is 6.47. The van der Waals surface area contributed by atoms with Gasteiger partial charge in [-0.1, -0.05) is 0 Å².